The standard InChI is InChI=1S/C32H32FN3O2/c1-32(2)17-26-30(28(37)18-32)31(20-11-13-23(33)14-12-20)36(27-10-6-5-9-25(27)35-26)19-29(38)34-24-15-21-7-3-4-8-22(21)16-24/h3-14,24,31,35H,15-19H2,1-2H3,(H,34,38). The number of hydrogen-bond acceptors (Lipinski definition) is 4. The minimum absolute atomic E-state index is 0.0383. The highest BCUT2D eigenvalue weighted by Gasteiger charge is 2.42. The summed E-state index contributed by atoms with van der Waals surface area (Å²) in [6.45, 7) is 4.27. The Balaban J connectivity index is 1.39. The Labute approximate surface area is 222 Å². The van der Waals surface area contributed by atoms with E-state index in [-0.39, 0.29) is 35.5 Å². The molecule has 1 amide bonds. The van der Waals surface area contributed by atoms with E-state index >= 15 is 0 Å². The highest BCUT2D eigenvalue weighted by atomic mass is 19.1. The Hall–Kier alpha value is -3.93. The van der Waals surface area contributed by atoms with Crippen LogP contribution in [-0.2, 0) is 22.4 Å². The smallest absolute Gasteiger partial charge is 0.239 e. The fourth-order valence-electron chi connectivity index (χ4n) is 6.31. The molecule has 38 heavy (non-hydrogen) atoms. The monoisotopic (exact) mass is 509 g/mol. The number of Topliss-reactive ketones (excluding diaryl/α,β-unsaturated/α-hetero) is 1. The number of rotatable bonds is 4. The molecule has 1 unspecified atom stereocenters. The quantitative estimate of drug-likeness (QED) is 0.472. The Morgan fingerprint density at radius 3 is 2.34 bits per heavy atom. The van der Waals surface area contributed by atoms with Crippen molar-refractivity contribution >= 4 is 23.1 Å². The first kappa shape index (κ1) is 24.4. The van der Waals surface area contributed by atoms with Gasteiger partial charge >= 0.3 is 0 Å². The Morgan fingerprint density at radius 2 is 1.63 bits per heavy atom. The van der Waals surface area contributed by atoms with E-state index in [1.165, 1.54) is 23.3 Å². The average Bonchev–Trinajstić information content (AvgIpc) is 3.22. The van der Waals surface area contributed by atoms with Gasteiger partial charge in [0.05, 0.1) is 24.0 Å². The van der Waals surface area contributed by atoms with Crippen LogP contribution in [-0.4, -0.2) is 24.3 Å². The van der Waals surface area contributed by atoms with E-state index in [1.54, 1.807) is 12.1 Å². The summed E-state index contributed by atoms with van der Waals surface area (Å²) in [7, 11) is 0. The Bertz CT molecular complexity index is 1420. The molecule has 5 nitrogen and oxygen atoms in total. The van der Waals surface area contributed by atoms with E-state index in [9.17, 15) is 14.0 Å². The molecule has 0 saturated carbocycles. The van der Waals surface area contributed by atoms with Crippen molar-refractivity contribution in [3.8, 4) is 0 Å². The molecular weight excluding hydrogens is 477 g/mol. The van der Waals surface area contributed by atoms with Crippen LogP contribution >= 0.6 is 0 Å². The number of nitrogens with one attached hydrogen (secondary N) is 2. The third-order valence-electron chi connectivity index (χ3n) is 7.92. The van der Waals surface area contributed by atoms with Crippen molar-refractivity contribution in [1.29, 1.82) is 0 Å². The van der Waals surface area contributed by atoms with Gasteiger partial charge in [0.15, 0.2) is 5.78 Å². The lowest BCUT2D eigenvalue weighted by atomic mass is 9.73. The molecule has 0 aromatic heterocycles. The van der Waals surface area contributed by atoms with Gasteiger partial charge in [0.1, 0.15) is 5.82 Å². The van der Waals surface area contributed by atoms with Crippen LogP contribution in [0.2, 0.25) is 0 Å². The molecule has 6 heteroatoms. The van der Waals surface area contributed by atoms with Crippen molar-refractivity contribution in [2.45, 2.75) is 51.6 Å². The van der Waals surface area contributed by atoms with E-state index in [0.29, 0.717) is 18.4 Å². The van der Waals surface area contributed by atoms with Gasteiger partial charge in [0.25, 0.3) is 0 Å². The minimum atomic E-state index is -0.517. The summed E-state index contributed by atoms with van der Waals surface area (Å²) in [4.78, 5) is 29.3. The summed E-state index contributed by atoms with van der Waals surface area (Å²) in [5, 5.41) is 6.80. The van der Waals surface area contributed by atoms with Crippen LogP contribution in [0.3, 0.4) is 0 Å². The number of anilines is 2. The number of para-hydroxylation sites is 2. The van der Waals surface area contributed by atoms with E-state index in [4.69, 9.17) is 0 Å². The maximum atomic E-state index is 14.0. The average molecular weight is 510 g/mol. The van der Waals surface area contributed by atoms with E-state index < -0.39 is 6.04 Å². The number of amides is 1. The van der Waals surface area contributed by atoms with Gasteiger partial charge < -0.3 is 15.5 Å². The lowest BCUT2D eigenvalue weighted by Gasteiger charge is -2.38. The Kier molecular flexibility index (Phi) is 6.05. The van der Waals surface area contributed by atoms with Crippen LogP contribution in [0.4, 0.5) is 15.8 Å². The van der Waals surface area contributed by atoms with E-state index in [2.05, 4.69) is 36.6 Å². The first-order valence-electron chi connectivity index (χ1n) is 13.3. The first-order valence-corrected chi connectivity index (χ1v) is 13.3. The van der Waals surface area contributed by atoms with Crippen LogP contribution in [0.25, 0.3) is 0 Å². The third-order valence-corrected chi connectivity index (χ3v) is 7.92. The molecule has 3 aromatic rings. The predicted octanol–water partition coefficient (Wildman–Crippen LogP) is 5.73. The molecule has 0 saturated heterocycles. The molecule has 0 fully saturated rings. The number of carbonyl (C=O) groups is 2. The zero-order chi connectivity index (χ0) is 26.4. The number of halogens is 1. The van der Waals surface area contributed by atoms with Crippen LogP contribution in [0, 0.1) is 11.2 Å². The highest BCUT2D eigenvalue weighted by molar-refractivity contribution is 6.01. The SMILES string of the molecule is CC1(C)CC(=O)C2=C(C1)Nc1ccccc1N(CC(=O)NC1Cc3ccccc3C1)C2c1ccc(F)cc1. The molecule has 0 spiro atoms. The molecule has 194 valence electrons. The van der Waals surface area contributed by atoms with Crippen LogP contribution in [0.5, 0.6) is 0 Å². The van der Waals surface area contributed by atoms with Crippen molar-refractivity contribution in [3.05, 3.63) is 107 Å². The molecule has 1 heterocycles. The first-order chi connectivity index (χ1) is 18.3. The lowest BCUT2D eigenvalue weighted by Crippen LogP contribution is -2.45. The van der Waals surface area contributed by atoms with Crippen LogP contribution in [0.15, 0.2) is 84.1 Å². The number of fused-ring (bicyclic) bond motifs is 2. The Morgan fingerprint density at radius 1 is 0.974 bits per heavy atom. The van der Waals surface area contributed by atoms with Gasteiger partial charge in [-0.2, -0.15) is 0 Å². The van der Waals surface area contributed by atoms with Gasteiger partial charge in [-0.1, -0.05) is 62.4 Å². The molecular formula is C32H32FN3O2. The number of allylic oxidation sites excluding steroid dienone is 1. The molecule has 0 radical (unpaired) electrons. The zero-order valence-electron chi connectivity index (χ0n) is 21.8. The van der Waals surface area contributed by atoms with Gasteiger partial charge in [-0.15, -0.1) is 0 Å². The van der Waals surface area contributed by atoms with Crippen molar-refractivity contribution < 1.29 is 14.0 Å². The minimum Gasteiger partial charge on any atom is -0.357 e. The maximum Gasteiger partial charge on any atom is 0.239 e. The second-order valence-electron chi connectivity index (χ2n) is 11.5. The van der Waals surface area contributed by atoms with Gasteiger partial charge in [0, 0.05) is 23.7 Å². The topological polar surface area (TPSA) is 61.4 Å². The fraction of sp³-hybridized carbons (Fsp3) is 0.312. The summed E-state index contributed by atoms with van der Waals surface area (Å²) in [6, 6.07) is 22.0. The van der Waals surface area contributed by atoms with Crippen molar-refractivity contribution in [3.63, 3.8) is 0 Å². The predicted molar refractivity (Wildman–Crippen MR) is 147 cm³/mol. The number of benzene rings is 3. The molecule has 6 rings (SSSR count). The van der Waals surface area contributed by atoms with Crippen molar-refractivity contribution in [2.75, 3.05) is 16.8 Å². The van der Waals surface area contributed by atoms with Crippen LogP contribution < -0.4 is 15.5 Å². The summed E-state index contributed by atoms with van der Waals surface area (Å²) in [6.07, 6.45) is 2.75. The number of nitrogens with zero attached hydrogens (tertiary/aromatic N) is 1. The fourth-order valence-corrected chi connectivity index (χ4v) is 6.31. The van der Waals surface area contributed by atoms with Gasteiger partial charge in [-0.05, 0) is 65.6 Å². The number of ketones is 1. The number of hydrogen-bond donors (Lipinski definition) is 2. The normalized spacial score (nSPS) is 20.2. The summed E-state index contributed by atoms with van der Waals surface area (Å²) >= 11 is 0. The maximum absolute atomic E-state index is 14.0. The molecule has 1 aliphatic heterocycles. The number of carbonyl (C=O) groups excluding carboxylic acids is 2. The molecule has 2 N–H and O–H groups in total. The summed E-state index contributed by atoms with van der Waals surface area (Å²) in [5.74, 6) is -0.379. The highest BCUT2D eigenvalue weighted by Crippen LogP contribution is 2.48. The van der Waals surface area contributed by atoms with Gasteiger partial charge in [-0.25, -0.2) is 4.39 Å². The van der Waals surface area contributed by atoms with Crippen LogP contribution in [0.1, 0.15) is 49.4 Å². The van der Waals surface area contributed by atoms with Gasteiger partial charge in [-0.3, -0.25) is 9.59 Å². The molecule has 1 atom stereocenters. The summed E-state index contributed by atoms with van der Waals surface area (Å²) in [5.41, 5.74) is 6.38. The second kappa shape index (κ2) is 9.43. The van der Waals surface area contributed by atoms with E-state index in [1.807, 2.05) is 41.3 Å². The lowest BCUT2D eigenvalue weighted by molar-refractivity contribution is -0.121. The third kappa shape index (κ3) is 4.60. The van der Waals surface area contributed by atoms with Crippen molar-refractivity contribution in [2.24, 2.45) is 5.41 Å². The molecule has 3 aliphatic rings. The second-order valence-corrected chi connectivity index (χ2v) is 11.5. The summed E-state index contributed by atoms with van der Waals surface area (Å²) < 4.78 is 14.0. The van der Waals surface area contributed by atoms with Gasteiger partial charge in [0.2, 0.25) is 5.91 Å². The zero-order valence-corrected chi connectivity index (χ0v) is 21.8. The molecule has 0 bridgehead atoms. The molecule has 2 aliphatic carbocycles. The van der Waals surface area contributed by atoms with Crippen molar-refractivity contribution in [1.82, 2.24) is 5.32 Å². The van der Waals surface area contributed by atoms with E-state index in [0.717, 1.165) is 35.5 Å². The largest absolute Gasteiger partial charge is 0.357 e. The molecule has 3 aromatic carbocycles.